The fraction of sp³-hybridized carbons (Fsp3) is 0.625. The second-order valence-electron chi connectivity index (χ2n) is 6.07. The monoisotopic (exact) mass is 314 g/mol. The third-order valence-corrected chi connectivity index (χ3v) is 4.35. The van der Waals surface area contributed by atoms with Crippen molar-refractivity contribution in [2.75, 3.05) is 26.2 Å². The van der Waals surface area contributed by atoms with Crippen LogP contribution in [0.5, 0.6) is 5.75 Å². The van der Waals surface area contributed by atoms with Crippen LogP contribution in [0.1, 0.15) is 30.9 Å². The molecule has 0 aromatic heterocycles. The van der Waals surface area contributed by atoms with Crippen molar-refractivity contribution in [2.24, 2.45) is 5.92 Å². The van der Waals surface area contributed by atoms with Crippen molar-refractivity contribution in [1.82, 2.24) is 10.2 Å². The third kappa shape index (κ3) is 4.14. The number of ether oxygens (including phenoxy) is 1. The first-order valence-corrected chi connectivity index (χ1v) is 7.82. The summed E-state index contributed by atoms with van der Waals surface area (Å²) in [7, 11) is 0. The summed E-state index contributed by atoms with van der Waals surface area (Å²) in [6, 6.07) is 6.59. The third-order valence-electron chi connectivity index (χ3n) is 4.35. The average molecular weight is 314 g/mol. The number of nitrogens with zero attached hydrogens (tertiary/aromatic N) is 1. The highest BCUT2D eigenvalue weighted by Crippen LogP contribution is 2.43. The first kappa shape index (κ1) is 15.6. The molecule has 2 fully saturated rings. The minimum Gasteiger partial charge on any atom is -0.405 e. The molecule has 1 aliphatic carbocycles. The van der Waals surface area contributed by atoms with Crippen LogP contribution in [0.15, 0.2) is 24.3 Å². The Morgan fingerprint density at radius 3 is 2.50 bits per heavy atom. The minimum absolute atomic E-state index is 0.00755. The summed E-state index contributed by atoms with van der Waals surface area (Å²) in [5, 5.41) is 3.29. The number of nitrogens with one attached hydrogen (secondary N) is 1. The molecule has 3 nitrogen and oxygen atoms in total. The molecule has 0 bridgehead atoms. The summed E-state index contributed by atoms with van der Waals surface area (Å²) >= 11 is 0. The first-order valence-electron chi connectivity index (χ1n) is 7.82. The Balaban J connectivity index is 1.85. The number of para-hydroxylation sites is 1. The predicted molar refractivity (Wildman–Crippen MR) is 77.6 cm³/mol. The maximum absolute atomic E-state index is 12.7. The maximum atomic E-state index is 12.7. The van der Waals surface area contributed by atoms with Crippen molar-refractivity contribution in [2.45, 2.75) is 31.7 Å². The lowest BCUT2D eigenvalue weighted by Gasteiger charge is -2.36. The Hall–Kier alpha value is -1.27. The summed E-state index contributed by atoms with van der Waals surface area (Å²) in [5.74, 6) is 0.581. The Labute approximate surface area is 128 Å². The number of benzene rings is 1. The van der Waals surface area contributed by atoms with Gasteiger partial charge in [0.15, 0.2) is 0 Å². The van der Waals surface area contributed by atoms with Gasteiger partial charge in [-0.05, 0) is 18.4 Å². The smallest absolute Gasteiger partial charge is 0.405 e. The van der Waals surface area contributed by atoms with Crippen molar-refractivity contribution < 1.29 is 17.9 Å². The van der Waals surface area contributed by atoms with Gasteiger partial charge in [0.25, 0.3) is 0 Å². The van der Waals surface area contributed by atoms with E-state index >= 15 is 0 Å². The van der Waals surface area contributed by atoms with Crippen molar-refractivity contribution >= 4 is 0 Å². The molecule has 0 amide bonds. The molecule has 1 aromatic rings. The highest BCUT2D eigenvalue weighted by Gasteiger charge is 2.36. The molecule has 6 heteroatoms. The molecule has 3 rings (SSSR count). The highest BCUT2D eigenvalue weighted by molar-refractivity contribution is 5.36. The molecule has 1 atom stereocenters. The van der Waals surface area contributed by atoms with Crippen LogP contribution in [0.25, 0.3) is 0 Å². The standard InChI is InChI=1S/C16H21F3N2O/c17-16(18,19)22-15-4-2-1-3-13(15)14(11-12-5-6-12)21-9-7-20-8-10-21/h1-4,12,14,20H,5-11H2/t14-/m1/s1. The molecule has 1 saturated heterocycles. The normalized spacial score (nSPS) is 21.6. The lowest BCUT2D eigenvalue weighted by Crippen LogP contribution is -2.45. The Bertz CT molecular complexity index is 496. The molecule has 1 heterocycles. The van der Waals surface area contributed by atoms with Crippen LogP contribution in [0.3, 0.4) is 0 Å². The molecule has 1 N–H and O–H groups in total. The molecule has 1 aliphatic heterocycles. The predicted octanol–water partition coefficient (Wildman–Crippen LogP) is 3.33. The number of halogens is 3. The van der Waals surface area contributed by atoms with E-state index in [0.717, 1.165) is 32.6 Å². The first-order chi connectivity index (χ1) is 10.5. The van der Waals surface area contributed by atoms with Gasteiger partial charge >= 0.3 is 6.36 Å². The molecule has 22 heavy (non-hydrogen) atoms. The van der Waals surface area contributed by atoms with Crippen molar-refractivity contribution in [3.63, 3.8) is 0 Å². The van der Waals surface area contributed by atoms with E-state index in [0.29, 0.717) is 11.5 Å². The molecule has 0 unspecified atom stereocenters. The van der Waals surface area contributed by atoms with Crippen molar-refractivity contribution in [3.05, 3.63) is 29.8 Å². The fourth-order valence-electron chi connectivity index (χ4n) is 3.11. The number of hydrogen-bond acceptors (Lipinski definition) is 3. The molecular formula is C16H21F3N2O. The van der Waals surface area contributed by atoms with Gasteiger partial charge in [-0.15, -0.1) is 13.2 Å². The number of alkyl halides is 3. The van der Waals surface area contributed by atoms with Crippen LogP contribution in [0.2, 0.25) is 0 Å². The number of rotatable bonds is 5. The second-order valence-corrected chi connectivity index (χ2v) is 6.07. The van der Waals surface area contributed by atoms with E-state index in [-0.39, 0.29) is 11.8 Å². The Morgan fingerprint density at radius 1 is 1.18 bits per heavy atom. The second kappa shape index (κ2) is 6.46. The summed E-state index contributed by atoms with van der Waals surface area (Å²) in [5.41, 5.74) is 0.661. The van der Waals surface area contributed by atoms with Gasteiger partial charge in [-0.25, -0.2) is 0 Å². The zero-order valence-electron chi connectivity index (χ0n) is 12.4. The molecular weight excluding hydrogens is 293 g/mol. The van der Waals surface area contributed by atoms with Gasteiger partial charge in [0.2, 0.25) is 0 Å². The summed E-state index contributed by atoms with van der Waals surface area (Å²) < 4.78 is 42.2. The number of piperazine rings is 1. The molecule has 122 valence electrons. The lowest BCUT2D eigenvalue weighted by molar-refractivity contribution is -0.275. The van der Waals surface area contributed by atoms with E-state index < -0.39 is 6.36 Å². The van der Waals surface area contributed by atoms with Gasteiger partial charge in [0.05, 0.1) is 0 Å². The van der Waals surface area contributed by atoms with Crippen LogP contribution in [-0.4, -0.2) is 37.4 Å². The summed E-state index contributed by atoms with van der Waals surface area (Å²) in [6.07, 6.45) is -1.36. The zero-order valence-corrected chi connectivity index (χ0v) is 12.4. The van der Waals surface area contributed by atoms with Gasteiger partial charge in [-0.3, -0.25) is 4.90 Å². The van der Waals surface area contributed by atoms with Gasteiger partial charge in [-0.2, -0.15) is 0 Å². The molecule has 0 spiro atoms. The Kier molecular flexibility index (Phi) is 4.59. The fourth-order valence-corrected chi connectivity index (χ4v) is 3.11. The van der Waals surface area contributed by atoms with Crippen LogP contribution in [0.4, 0.5) is 13.2 Å². The van der Waals surface area contributed by atoms with E-state index in [4.69, 9.17) is 0 Å². The quantitative estimate of drug-likeness (QED) is 0.902. The molecule has 1 aromatic carbocycles. The van der Waals surface area contributed by atoms with Crippen LogP contribution in [-0.2, 0) is 0 Å². The number of hydrogen-bond donors (Lipinski definition) is 1. The summed E-state index contributed by atoms with van der Waals surface area (Å²) in [6.45, 7) is 3.47. The van der Waals surface area contributed by atoms with Crippen LogP contribution >= 0.6 is 0 Å². The zero-order chi connectivity index (χ0) is 15.6. The SMILES string of the molecule is FC(F)(F)Oc1ccccc1[C@@H](CC1CC1)N1CCNCC1. The van der Waals surface area contributed by atoms with E-state index in [1.165, 1.54) is 18.9 Å². The molecule has 1 saturated carbocycles. The van der Waals surface area contributed by atoms with Crippen LogP contribution < -0.4 is 10.1 Å². The van der Waals surface area contributed by atoms with E-state index in [1.54, 1.807) is 18.2 Å². The van der Waals surface area contributed by atoms with Crippen molar-refractivity contribution in [3.8, 4) is 5.75 Å². The largest absolute Gasteiger partial charge is 0.573 e. The van der Waals surface area contributed by atoms with E-state index in [9.17, 15) is 13.2 Å². The summed E-state index contributed by atoms with van der Waals surface area (Å²) in [4.78, 5) is 2.29. The van der Waals surface area contributed by atoms with Gasteiger partial charge < -0.3 is 10.1 Å². The van der Waals surface area contributed by atoms with Crippen molar-refractivity contribution in [1.29, 1.82) is 0 Å². The topological polar surface area (TPSA) is 24.5 Å². The van der Waals surface area contributed by atoms with E-state index in [2.05, 4.69) is 15.0 Å². The molecule has 0 radical (unpaired) electrons. The van der Waals surface area contributed by atoms with Crippen LogP contribution in [0, 0.1) is 5.92 Å². The molecule has 2 aliphatic rings. The minimum atomic E-state index is -4.65. The van der Waals surface area contributed by atoms with Gasteiger partial charge in [0.1, 0.15) is 5.75 Å². The lowest BCUT2D eigenvalue weighted by atomic mass is 9.97. The van der Waals surface area contributed by atoms with E-state index in [1.807, 2.05) is 0 Å². The average Bonchev–Trinajstić information content (AvgIpc) is 3.29. The Morgan fingerprint density at radius 2 is 1.86 bits per heavy atom. The maximum Gasteiger partial charge on any atom is 0.573 e. The van der Waals surface area contributed by atoms with Gasteiger partial charge in [0, 0.05) is 37.8 Å². The highest BCUT2D eigenvalue weighted by atomic mass is 19.4. The van der Waals surface area contributed by atoms with Gasteiger partial charge in [-0.1, -0.05) is 31.0 Å².